The van der Waals surface area contributed by atoms with Crippen molar-refractivity contribution in [1.82, 2.24) is 5.32 Å². The van der Waals surface area contributed by atoms with Crippen LogP contribution in [0.2, 0.25) is 0 Å². The number of rotatable bonds is 8. The maximum Gasteiger partial charge on any atom is 0.311 e. The smallest absolute Gasteiger partial charge is 0.311 e. The van der Waals surface area contributed by atoms with Crippen molar-refractivity contribution in [1.29, 1.82) is 0 Å². The first-order chi connectivity index (χ1) is 7.46. The second-order valence-electron chi connectivity index (χ2n) is 3.94. The van der Waals surface area contributed by atoms with Crippen LogP contribution in [0.3, 0.4) is 0 Å². The Kier molecular flexibility index (Phi) is 6.72. The van der Waals surface area contributed by atoms with Gasteiger partial charge in [0.25, 0.3) is 0 Å². The van der Waals surface area contributed by atoms with Gasteiger partial charge < -0.3 is 15.2 Å². The van der Waals surface area contributed by atoms with Crippen molar-refractivity contribution < 1.29 is 19.4 Å². The van der Waals surface area contributed by atoms with E-state index in [4.69, 9.17) is 9.84 Å². The fourth-order valence-corrected chi connectivity index (χ4v) is 1.04. The third-order valence-electron chi connectivity index (χ3n) is 2.65. The average Bonchev–Trinajstić information content (AvgIpc) is 2.26. The molecule has 0 aromatic carbocycles. The second kappa shape index (κ2) is 7.22. The van der Waals surface area contributed by atoms with Gasteiger partial charge in [-0.05, 0) is 20.3 Å². The highest BCUT2D eigenvalue weighted by atomic mass is 16.5. The minimum atomic E-state index is -0.889. The molecule has 0 spiro atoms. The lowest BCUT2D eigenvalue weighted by Gasteiger charge is -2.23. The van der Waals surface area contributed by atoms with Crippen LogP contribution in [0.1, 0.15) is 33.6 Å². The van der Waals surface area contributed by atoms with E-state index in [0.717, 1.165) is 0 Å². The van der Waals surface area contributed by atoms with Gasteiger partial charge in [-0.2, -0.15) is 0 Å². The van der Waals surface area contributed by atoms with Crippen LogP contribution in [-0.2, 0) is 14.3 Å². The molecule has 0 aliphatic heterocycles. The zero-order valence-corrected chi connectivity index (χ0v) is 10.2. The summed E-state index contributed by atoms with van der Waals surface area (Å²) < 4.78 is 5.03. The largest absolute Gasteiger partial charge is 0.481 e. The maximum atomic E-state index is 11.3. The van der Waals surface area contributed by atoms with Gasteiger partial charge in [0.2, 0.25) is 5.91 Å². The number of amides is 1. The number of carboxylic acid groups (broad SMARTS) is 1. The van der Waals surface area contributed by atoms with Gasteiger partial charge >= 0.3 is 5.97 Å². The number of hydrogen-bond acceptors (Lipinski definition) is 3. The zero-order valence-electron chi connectivity index (χ0n) is 10.2. The van der Waals surface area contributed by atoms with E-state index in [-0.39, 0.29) is 18.9 Å². The maximum absolute atomic E-state index is 11.3. The highest BCUT2D eigenvalue weighted by Crippen LogP contribution is 2.19. The van der Waals surface area contributed by atoms with Crippen molar-refractivity contribution in [3.05, 3.63) is 0 Å². The van der Waals surface area contributed by atoms with Crippen LogP contribution in [0, 0.1) is 5.41 Å². The molecule has 5 nitrogen and oxygen atoms in total. The predicted molar refractivity (Wildman–Crippen MR) is 60.2 cm³/mol. The Hall–Kier alpha value is -1.10. The molecule has 0 aliphatic rings. The Balaban J connectivity index is 3.93. The average molecular weight is 231 g/mol. The highest BCUT2D eigenvalue weighted by molar-refractivity contribution is 5.78. The van der Waals surface area contributed by atoms with Crippen molar-refractivity contribution in [3.63, 3.8) is 0 Å². The van der Waals surface area contributed by atoms with Gasteiger partial charge in [-0.25, -0.2) is 0 Å². The molecule has 16 heavy (non-hydrogen) atoms. The molecule has 0 fully saturated rings. The summed E-state index contributed by atoms with van der Waals surface area (Å²) in [5, 5.41) is 11.6. The number of carbonyl (C=O) groups is 2. The van der Waals surface area contributed by atoms with Crippen molar-refractivity contribution in [2.24, 2.45) is 5.41 Å². The van der Waals surface area contributed by atoms with Gasteiger partial charge in [0.1, 0.15) is 0 Å². The lowest BCUT2D eigenvalue weighted by Crippen LogP contribution is -2.40. The van der Waals surface area contributed by atoms with Crippen molar-refractivity contribution in [2.45, 2.75) is 33.6 Å². The first-order valence-corrected chi connectivity index (χ1v) is 5.54. The third-order valence-corrected chi connectivity index (χ3v) is 2.65. The van der Waals surface area contributed by atoms with Crippen molar-refractivity contribution >= 4 is 11.9 Å². The minimum Gasteiger partial charge on any atom is -0.481 e. The topological polar surface area (TPSA) is 75.6 Å². The summed E-state index contributed by atoms with van der Waals surface area (Å²) in [5.41, 5.74) is -0.888. The van der Waals surface area contributed by atoms with E-state index in [1.165, 1.54) is 0 Å². The summed E-state index contributed by atoms with van der Waals surface area (Å²) in [6.45, 7) is 6.38. The van der Waals surface area contributed by atoms with Crippen LogP contribution in [0.25, 0.3) is 0 Å². The molecule has 5 heteroatoms. The normalized spacial score (nSPS) is 14.2. The van der Waals surface area contributed by atoms with E-state index in [1.807, 2.05) is 6.92 Å². The molecule has 0 bridgehead atoms. The van der Waals surface area contributed by atoms with E-state index in [2.05, 4.69) is 5.32 Å². The van der Waals surface area contributed by atoms with Crippen LogP contribution >= 0.6 is 0 Å². The van der Waals surface area contributed by atoms with Crippen molar-refractivity contribution in [2.75, 3.05) is 19.8 Å². The van der Waals surface area contributed by atoms with Crippen LogP contribution in [-0.4, -0.2) is 36.7 Å². The van der Waals surface area contributed by atoms with Gasteiger partial charge in [-0.1, -0.05) is 6.92 Å². The molecule has 0 heterocycles. The van der Waals surface area contributed by atoms with E-state index in [9.17, 15) is 9.59 Å². The molecule has 0 saturated carbocycles. The first kappa shape index (κ1) is 14.9. The first-order valence-electron chi connectivity index (χ1n) is 5.54. The lowest BCUT2D eigenvalue weighted by atomic mass is 9.88. The Morgan fingerprint density at radius 1 is 1.38 bits per heavy atom. The molecule has 0 radical (unpaired) electrons. The lowest BCUT2D eigenvalue weighted by molar-refractivity contribution is -0.148. The summed E-state index contributed by atoms with van der Waals surface area (Å²) in [6.07, 6.45) is 0.751. The number of ether oxygens (including phenoxy) is 1. The fraction of sp³-hybridized carbons (Fsp3) is 0.818. The number of aliphatic carboxylic acids is 1. The predicted octanol–water partition coefficient (Wildman–Crippen LogP) is 1.03. The SMILES string of the molecule is CCOCCC(=O)NCC(C)(CC)C(=O)O. The Bertz CT molecular complexity index is 242. The summed E-state index contributed by atoms with van der Waals surface area (Å²) >= 11 is 0. The second-order valence-corrected chi connectivity index (χ2v) is 3.94. The zero-order chi connectivity index (χ0) is 12.6. The van der Waals surface area contributed by atoms with Crippen molar-refractivity contribution in [3.8, 4) is 0 Å². The summed E-state index contributed by atoms with van der Waals surface area (Å²) in [5.74, 6) is -1.06. The minimum absolute atomic E-state index is 0.157. The molecular formula is C11H21NO4. The molecule has 1 atom stereocenters. The van der Waals surface area contributed by atoms with Gasteiger partial charge in [0, 0.05) is 19.6 Å². The highest BCUT2D eigenvalue weighted by Gasteiger charge is 2.31. The van der Waals surface area contributed by atoms with E-state index in [0.29, 0.717) is 19.6 Å². The van der Waals surface area contributed by atoms with E-state index in [1.54, 1.807) is 13.8 Å². The molecule has 0 aliphatic carbocycles. The number of hydrogen-bond donors (Lipinski definition) is 2. The van der Waals surface area contributed by atoms with Crippen LogP contribution in [0.4, 0.5) is 0 Å². The molecule has 0 aromatic rings. The Morgan fingerprint density at radius 3 is 2.44 bits per heavy atom. The molecule has 94 valence electrons. The van der Waals surface area contributed by atoms with Gasteiger partial charge in [0.05, 0.1) is 12.0 Å². The summed E-state index contributed by atoms with van der Waals surface area (Å²) in [7, 11) is 0. The number of carbonyl (C=O) groups excluding carboxylic acids is 1. The molecule has 0 saturated heterocycles. The standard InChI is InChI=1S/C11H21NO4/c1-4-11(3,10(14)15)8-12-9(13)6-7-16-5-2/h4-8H2,1-3H3,(H,12,13)(H,14,15). The Labute approximate surface area is 96.2 Å². The Morgan fingerprint density at radius 2 is 2.00 bits per heavy atom. The van der Waals surface area contributed by atoms with E-state index >= 15 is 0 Å². The molecule has 1 amide bonds. The molecule has 1 unspecified atom stereocenters. The van der Waals surface area contributed by atoms with Gasteiger partial charge in [-0.3, -0.25) is 9.59 Å². The quantitative estimate of drug-likeness (QED) is 0.612. The molecule has 0 rings (SSSR count). The molecule has 0 aromatic heterocycles. The van der Waals surface area contributed by atoms with Crippen LogP contribution < -0.4 is 5.32 Å². The van der Waals surface area contributed by atoms with Crippen LogP contribution in [0.15, 0.2) is 0 Å². The summed E-state index contributed by atoms with van der Waals surface area (Å²) in [6, 6.07) is 0. The molecule has 2 N–H and O–H groups in total. The number of nitrogens with one attached hydrogen (secondary N) is 1. The van der Waals surface area contributed by atoms with Gasteiger partial charge in [-0.15, -0.1) is 0 Å². The van der Waals surface area contributed by atoms with Gasteiger partial charge in [0.15, 0.2) is 0 Å². The third kappa shape index (κ3) is 5.11. The monoisotopic (exact) mass is 231 g/mol. The van der Waals surface area contributed by atoms with E-state index < -0.39 is 11.4 Å². The van der Waals surface area contributed by atoms with Crippen LogP contribution in [0.5, 0.6) is 0 Å². The molecular weight excluding hydrogens is 210 g/mol. The fourth-order valence-electron chi connectivity index (χ4n) is 1.04. The number of carboxylic acids is 1. The summed E-state index contributed by atoms with van der Waals surface area (Å²) in [4.78, 5) is 22.3.